The third-order valence-electron chi connectivity index (χ3n) is 2.70. The van der Waals surface area contributed by atoms with Gasteiger partial charge in [-0.25, -0.2) is 0 Å². The minimum absolute atomic E-state index is 0.191. The smallest absolute Gasteiger partial charge is 0.115 e. The molecule has 2 nitrogen and oxygen atoms in total. The number of allylic oxidation sites excluding steroid dienone is 1. The summed E-state index contributed by atoms with van der Waals surface area (Å²) < 4.78 is 5.82. The fraction of sp³-hybridized carbons (Fsp3) is 0.636. The van der Waals surface area contributed by atoms with E-state index >= 15 is 0 Å². The van der Waals surface area contributed by atoms with E-state index in [0.717, 1.165) is 12.2 Å². The zero-order valence-electron chi connectivity index (χ0n) is 7.91. The van der Waals surface area contributed by atoms with Crippen molar-refractivity contribution in [3.63, 3.8) is 0 Å². The Morgan fingerprint density at radius 2 is 2.08 bits per heavy atom. The van der Waals surface area contributed by atoms with Gasteiger partial charge in [-0.2, -0.15) is 0 Å². The lowest BCUT2D eigenvalue weighted by Gasteiger charge is -2.17. The van der Waals surface area contributed by atoms with Crippen molar-refractivity contribution in [1.29, 1.82) is 0 Å². The molecule has 0 spiro atoms. The first-order valence-electron chi connectivity index (χ1n) is 5.15. The maximum atomic E-state index is 5.82. The number of hydrogen-bond donors (Lipinski definition) is 1. The first-order valence-corrected chi connectivity index (χ1v) is 5.15. The molecule has 0 bridgehead atoms. The largest absolute Gasteiger partial charge is 0.491 e. The van der Waals surface area contributed by atoms with Crippen molar-refractivity contribution < 1.29 is 4.74 Å². The summed E-state index contributed by atoms with van der Waals surface area (Å²) in [5.41, 5.74) is 5.72. The van der Waals surface area contributed by atoms with Crippen molar-refractivity contribution in [2.75, 3.05) is 0 Å². The summed E-state index contributed by atoms with van der Waals surface area (Å²) >= 11 is 0. The van der Waals surface area contributed by atoms with Crippen LogP contribution in [0.3, 0.4) is 0 Å². The molecular formula is C11H17NO. The second-order valence-corrected chi connectivity index (χ2v) is 3.89. The molecule has 0 aromatic heterocycles. The molecule has 2 aliphatic carbocycles. The second-order valence-electron chi connectivity index (χ2n) is 3.89. The van der Waals surface area contributed by atoms with Gasteiger partial charge in [0, 0.05) is 6.04 Å². The van der Waals surface area contributed by atoms with Crippen molar-refractivity contribution in [2.24, 2.45) is 5.73 Å². The number of ether oxygens (including phenoxy) is 1. The highest BCUT2D eigenvalue weighted by Crippen LogP contribution is 2.24. The summed E-state index contributed by atoms with van der Waals surface area (Å²) in [6.45, 7) is 0. The second kappa shape index (κ2) is 3.97. The molecule has 1 unspecified atom stereocenters. The summed E-state index contributed by atoms with van der Waals surface area (Å²) in [5, 5.41) is 0. The van der Waals surface area contributed by atoms with E-state index in [1.54, 1.807) is 0 Å². The van der Waals surface area contributed by atoms with Crippen LogP contribution in [-0.2, 0) is 4.74 Å². The number of rotatable bonds is 2. The van der Waals surface area contributed by atoms with Gasteiger partial charge in [-0.1, -0.05) is 6.08 Å². The highest BCUT2D eigenvalue weighted by molar-refractivity contribution is 5.20. The average molecular weight is 179 g/mol. The lowest BCUT2D eigenvalue weighted by atomic mass is 10.1. The van der Waals surface area contributed by atoms with Crippen LogP contribution in [0.25, 0.3) is 0 Å². The fourth-order valence-electron chi connectivity index (χ4n) is 1.90. The molecule has 1 atom stereocenters. The summed E-state index contributed by atoms with van der Waals surface area (Å²) in [6.07, 6.45) is 12.6. The quantitative estimate of drug-likeness (QED) is 0.704. The summed E-state index contributed by atoms with van der Waals surface area (Å²) in [4.78, 5) is 0. The van der Waals surface area contributed by atoms with Gasteiger partial charge in [-0.15, -0.1) is 0 Å². The molecule has 2 aliphatic rings. The third kappa shape index (κ3) is 2.34. The van der Waals surface area contributed by atoms with Crippen LogP contribution in [0.4, 0.5) is 0 Å². The molecule has 0 aromatic rings. The van der Waals surface area contributed by atoms with Gasteiger partial charge in [0.25, 0.3) is 0 Å². The Morgan fingerprint density at radius 1 is 1.31 bits per heavy atom. The molecule has 72 valence electrons. The van der Waals surface area contributed by atoms with Crippen LogP contribution >= 0.6 is 0 Å². The Bertz CT molecular complexity index is 226. The van der Waals surface area contributed by atoms with Crippen LogP contribution in [-0.4, -0.2) is 12.1 Å². The Hall–Kier alpha value is -0.760. The molecule has 0 amide bonds. The van der Waals surface area contributed by atoms with E-state index in [1.165, 1.54) is 25.7 Å². The zero-order valence-corrected chi connectivity index (χ0v) is 7.91. The average Bonchev–Trinajstić information content (AvgIpc) is 2.62. The van der Waals surface area contributed by atoms with Crippen LogP contribution in [0.15, 0.2) is 24.0 Å². The molecule has 1 saturated carbocycles. The first kappa shape index (κ1) is 8.82. The van der Waals surface area contributed by atoms with Crippen LogP contribution in [0.5, 0.6) is 0 Å². The molecule has 2 heteroatoms. The predicted molar refractivity (Wildman–Crippen MR) is 53.2 cm³/mol. The molecule has 0 radical (unpaired) electrons. The van der Waals surface area contributed by atoms with Crippen LogP contribution < -0.4 is 5.73 Å². The molecule has 0 aromatic carbocycles. The molecule has 2 rings (SSSR count). The van der Waals surface area contributed by atoms with Gasteiger partial charge in [0.2, 0.25) is 0 Å². The van der Waals surface area contributed by atoms with Crippen molar-refractivity contribution in [3.05, 3.63) is 24.0 Å². The van der Waals surface area contributed by atoms with Gasteiger partial charge in [0.15, 0.2) is 0 Å². The maximum Gasteiger partial charge on any atom is 0.115 e. The highest BCUT2D eigenvalue weighted by Gasteiger charge is 2.17. The fourth-order valence-corrected chi connectivity index (χ4v) is 1.90. The minimum atomic E-state index is 0.191. The lowest BCUT2D eigenvalue weighted by molar-refractivity contribution is 0.130. The van der Waals surface area contributed by atoms with E-state index in [-0.39, 0.29) is 6.04 Å². The van der Waals surface area contributed by atoms with E-state index in [9.17, 15) is 0 Å². The van der Waals surface area contributed by atoms with Crippen LogP contribution in [0.1, 0.15) is 32.1 Å². The molecule has 1 fully saturated rings. The summed E-state index contributed by atoms with van der Waals surface area (Å²) in [7, 11) is 0. The summed E-state index contributed by atoms with van der Waals surface area (Å²) in [5.74, 6) is 1.02. The van der Waals surface area contributed by atoms with E-state index in [2.05, 4.69) is 6.08 Å². The Labute approximate surface area is 79.5 Å². The predicted octanol–water partition coefficient (Wildman–Crippen LogP) is 2.12. The summed E-state index contributed by atoms with van der Waals surface area (Å²) in [6, 6.07) is 0.191. The minimum Gasteiger partial charge on any atom is -0.491 e. The normalized spacial score (nSPS) is 29.0. The van der Waals surface area contributed by atoms with Gasteiger partial charge in [-0.05, 0) is 44.3 Å². The Morgan fingerprint density at radius 3 is 2.69 bits per heavy atom. The van der Waals surface area contributed by atoms with Crippen LogP contribution in [0, 0.1) is 0 Å². The molecule has 2 N–H and O–H groups in total. The van der Waals surface area contributed by atoms with E-state index in [4.69, 9.17) is 10.5 Å². The Balaban J connectivity index is 1.85. The van der Waals surface area contributed by atoms with Crippen molar-refractivity contribution in [3.8, 4) is 0 Å². The molecular weight excluding hydrogens is 162 g/mol. The molecule has 0 saturated heterocycles. The SMILES string of the molecule is NC1C=CC(OC2CCCC2)=CC1. The van der Waals surface area contributed by atoms with E-state index in [1.807, 2.05) is 12.2 Å². The van der Waals surface area contributed by atoms with Gasteiger partial charge in [0.1, 0.15) is 5.76 Å². The molecule has 0 aliphatic heterocycles. The van der Waals surface area contributed by atoms with Gasteiger partial charge < -0.3 is 10.5 Å². The van der Waals surface area contributed by atoms with Gasteiger partial charge in [0.05, 0.1) is 6.10 Å². The standard InChI is InChI=1S/C11H17NO/c12-9-5-7-11(8-6-9)13-10-3-1-2-4-10/h5,7-10H,1-4,6,12H2. The molecule has 0 heterocycles. The number of hydrogen-bond acceptors (Lipinski definition) is 2. The topological polar surface area (TPSA) is 35.2 Å². The van der Waals surface area contributed by atoms with Crippen molar-refractivity contribution in [1.82, 2.24) is 0 Å². The van der Waals surface area contributed by atoms with Gasteiger partial charge in [-0.3, -0.25) is 0 Å². The maximum absolute atomic E-state index is 5.82. The highest BCUT2D eigenvalue weighted by atomic mass is 16.5. The zero-order chi connectivity index (χ0) is 9.10. The first-order chi connectivity index (χ1) is 6.34. The van der Waals surface area contributed by atoms with E-state index < -0.39 is 0 Å². The molecule has 13 heavy (non-hydrogen) atoms. The van der Waals surface area contributed by atoms with E-state index in [0.29, 0.717) is 6.10 Å². The van der Waals surface area contributed by atoms with Crippen LogP contribution in [0.2, 0.25) is 0 Å². The van der Waals surface area contributed by atoms with Crippen molar-refractivity contribution >= 4 is 0 Å². The monoisotopic (exact) mass is 179 g/mol. The Kier molecular flexibility index (Phi) is 2.69. The number of nitrogens with two attached hydrogens (primary N) is 1. The van der Waals surface area contributed by atoms with Gasteiger partial charge >= 0.3 is 0 Å². The lowest BCUT2D eigenvalue weighted by Crippen LogP contribution is -2.18. The third-order valence-corrected chi connectivity index (χ3v) is 2.70. The van der Waals surface area contributed by atoms with Crippen molar-refractivity contribution in [2.45, 2.75) is 44.2 Å².